The molecule has 0 amide bonds. The summed E-state index contributed by atoms with van der Waals surface area (Å²) in [7, 11) is -6.94. The molecule has 3 aromatic rings. The second kappa shape index (κ2) is 9.42. The van der Waals surface area contributed by atoms with E-state index in [1.165, 1.54) is 19.2 Å². The van der Waals surface area contributed by atoms with Crippen LogP contribution in [-0.2, 0) is 20.0 Å². The molecule has 0 saturated heterocycles. The van der Waals surface area contributed by atoms with Crippen LogP contribution in [0.15, 0.2) is 73.3 Å². The van der Waals surface area contributed by atoms with Gasteiger partial charge in [-0.25, -0.2) is 16.8 Å². The number of halogens is 2. The quantitative estimate of drug-likeness (QED) is 0.374. The molecule has 0 aromatic heterocycles. The first-order valence-corrected chi connectivity index (χ1v) is 13.7. The smallest absolute Gasteiger partial charge is 0.265 e. The van der Waals surface area contributed by atoms with E-state index in [1.807, 2.05) is 13.8 Å². The largest absolute Gasteiger partial charge is 0.495 e. The molecular weight excluding hydrogens is 584 g/mol. The topological polar surface area (TPSA) is 102 Å². The van der Waals surface area contributed by atoms with E-state index in [1.54, 1.807) is 36.4 Å². The van der Waals surface area contributed by atoms with Gasteiger partial charge < -0.3 is 4.74 Å². The van der Waals surface area contributed by atoms with Crippen LogP contribution in [0.4, 0.5) is 11.4 Å². The fourth-order valence-corrected chi connectivity index (χ4v) is 6.75. The van der Waals surface area contributed by atoms with Gasteiger partial charge in [-0.2, -0.15) is 0 Å². The zero-order chi connectivity index (χ0) is 23.7. The first kappa shape index (κ1) is 24.6. The number of aryl methyl sites for hydroxylation is 2. The molecule has 0 saturated carbocycles. The first-order chi connectivity index (χ1) is 14.9. The van der Waals surface area contributed by atoms with Crippen molar-refractivity contribution in [3.05, 3.63) is 74.7 Å². The van der Waals surface area contributed by atoms with Crippen molar-refractivity contribution >= 4 is 63.3 Å². The van der Waals surface area contributed by atoms with Crippen molar-refractivity contribution in [3.63, 3.8) is 0 Å². The number of nitrogens with one attached hydrogen (secondary N) is 2. The van der Waals surface area contributed by atoms with E-state index in [-0.39, 0.29) is 15.5 Å². The second-order valence-electron chi connectivity index (χ2n) is 6.99. The maximum Gasteiger partial charge on any atom is 0.265 e. The van der Waals surface area contributed by atoms with Gasteiger partial charge in [0.2, 0.25) is 0 Å². The van der Waals surface area contributed by atoms with E-state index >= 15 is 0 Å². The van der Waals surface area contributed by atoms with E-state index < -0.39 is 20.0 Å². The summed E-state index contributed by atoms with van der Waals surface area (Å²) in [6, 6.07) is 13.9. The van der Waals surface area contributed by atoms with Gasteiger partial charge in [-0.1, -0.05) is 12.1 Å². The van der Waals surface area contributed by atoms with E-state index in [9.17, 15) is 16.8 Å². The lowest BCUT2D eigenvalue weighted by atomic mass is 10.2. The average molecular weight is 604 g/mol. The van der Waals surface area contributed by atoms with Crippen molar-refractivity contribution in [1.82, 2.24) is 0 Å². The Morgan fingerprint density at radius 1 is 0.719 bits per heavy atom. The van der Waals surface area contributed by atoms with Crippen LogP contribution >= 0.6 is 31.9 Å². The van der Waals surface area contributed by atoms with Crippen molar-refractivity contribution in [2.45, 2.75) is 23.6 Å². The molecule has 11 heteroatoms. The minimum Gasteiger partial charge on any atom is -0.495 e. The fourth-order valence-electron chi connectivity index (χ4n) is 2.84. The maximum atomic E-state index is 13.1. The maximum absolute atomic E-state index is 13.1. The average Bonchev–Trinajstić information content (AvgIpc) is 2.71. The first-order valence-electron chi connectivity index (χ1n) is 9.19. The normalized spacial score (nSPS) is 11.8. The Morgan fingerprint density at radius 2 is 1.22 bits per heavy atom. The Bertz CT molecular complexity index is 1390. The Balaban J connectivity index is 2.02. The molecule has 0 atom stereocenters. The number of hydrogen-bond acceptors (Lipinski definition) is 5. The molecule has 0 aliphatic carbocycles. The Hall–Kier alpha value is -2.08. The summed E-state index contributed by atoms with van der Waals surface area (Å²) in [5, 5.41) is 0. The third-order valence-corrected chi connectivity index (χ3v) is 8.53. The minimum atomic E-state index is -4.17. The monoisotopic (exact) mass is 602 g/mol. The van der Waals surface area contributed by atoms with Gasteiger partial charge in [0.25, 0.3) is 20.0 Å². The highest BCUT2D eigenvalue weighted by Gasteiger charge is 2.25. The van der Waals surface area contributed by atoms with Crippen LogP contribution in [0.5, 0.6) is 5.75 Å². The molecule has 3 aromatic carbocycles. The number of benzene rings is 3. The second-order valence-corrected chi connectivity index (χ2v) is 12.0. The molecule has 2 N–H and O–H groups in total. The van der Waals surface area contributed by atoms with Gasteiger partial charge in [0.05, 0.1) is 23.4 Å². The molecule has 170 valence electrons. The lowest BCUT2D eigenvalue weighted by Crippen LogP contribution is -2.17. The van der Waals surface area contributed by atoms with Crippen LogP contribution in [0.1, 0.15) is 11.1 Å². The molecular formula is C21H20Br2N2O5S2. The zero-order valence-electron chi connectivity index (χ0n) is 17.3. The molecule has 7 nitrogen and oxygen atoms in total. The van der Waals surface area contributed by atoms with Crippen molar-refractivity contribution in [3.8, 4) is 5.75 Å². The number of hydrogen-bond donors (Lipinski definition) is 2. The molecule has 0 unspecified atom stereocenters. The van der Waals surface area contributed by atoms with Crippen LogP contribution in [0, 0.1) is 13.8 Å². The number of sulfonamides is 2. The lowest BCUT2D eigenvalue weighted by Gasteiger charge is -2.15. The highest BCUT2D eigenvalue weighted by atomic mass is 79.9. The van der Waals surface area contributed by atoms with Gasteiger partial charge in [0.1, 0.15) is 10.6 Å². The number of anilines is 2. The van der Waals surface area contributed by atoms with Crippen LogP contribution in [0.3, 0.4) is 0 Å². The molecule has 0 radical (unpaired) electrons. The molecule has 0 bridgehead atoms. The lowest BCUT2D eigenvalue weighted by molar-refractivity contribution is 0.402. The summed E-state index contributed by atoms with van der Waals surface area (Å²) in [5.41, 5.74) is 2.54. The number of methoxy groups -OCH3 is 1. The summed E-state index contributed by atoms with van der Waals surface area (Å²) in [6.07, 6.45) is 0. The summed E-state index contributed by atoms with van der Waals surface area (Å²) in [4.78, 5) is -0.535. The van der Waals surface area contributed by atoms with Gasteiger partial charge in [-0.15, -0.1) is 0 Å². The third kappa shape index (κ3) is 5.45. The number of rotatable bonds is 7. The predicted octanol–water partition coefficient (Wildman–Crippen LogP) is 5.44. The van der Waals surface area contributed by atoms with Crippen molar-refractivity contribution in [2.24, 2.45) is 0 Å². The SMILES string of the molecule is COc1ccc(S(=O)(=O)Nc2ccc(C)cc2Br)cc1S(=O)(=O)Nc1ccc(C)cc1Br. The molecule has 3 rings (SSSR count). The summed E-state index contributed by atoms with van der Waals surface area (Å²) in [5.74, 6) is 0.0104. The van der Waals surface area contributed by atoms with E-state index in [0.717, 1.165) is 17.2 Å². The summed E-state index contributed by atoms with van der Waals surface area (Å²) >= 11 is 6.67. The van der Waals surface area contributed by atoms with Gasteiger partial charge in [-0.05, 0) is 99.3 Å². The molecule has 32 heavy (non-hydrogen) atoms. The highest BCUT2D eigenvalue weighted by Crippen LogP contribution is 2.32. The van der Waals surface area contributed by atoms with Crippen LogP contribution in [0.2, 0.25) is 0 Å². The molecule has 0 spiro atoms. The number of ether oxygens (including phenoxy) is 1. The molecule has 0 fully saturated rings. The molecule has 0 heterocycles. The van der Waals surface area contributed by atoms with Crippen molar-refractivity contribution < 1.29 is 21.6 Å². The van der Waals surface area contributed by atoms with E-state index in [4.69, 9.17) is 4.74 Å². The zero-order valence-corrected chi connectivity index (χ0v) is 22.1. The summed E-state index contributed by atoms with van der Waals surface area (Å²) < 4.78 is 63.4. The Morgan fingerprint density at radius 3 is 1.69 bits per heavy atom. The van der Waals surface area contributed by atoms with Crippen molar-refractivity contribution in [2.75, 3.05) is 16.6 Å². The molecule has 0 aliphatic rings. The van der Waals surface area contributed by atoms with E-state index in [0.29, 0.717) is 20.3 Å². The highest BCUT2D eigenvalue weighted by molar-refractivity contribution is 9.11. The van der Waals surface area contributed by atoms with Crippen LogP contribution in [-0.4, -0.2) is 23.9 Å². The Kier molecular flexibility index (Phi) is 7.23. The van der Waals surface area contributed by atoms with Crippen molar-refractivity contribution in [1.29, 1.82) is 0 Å². The van der Waals surface area contributed by atoms with Gasteiger partial charge in [-0.3, -0.25) is 9.44 Å². The van der Waals surface area contributed by atoms with Gasteiger partial charge in [0, 0.05) is 8.95 Å². The third-order valence-electron chi connectivity index (χ3n) is 4.47. The fraction of sp³-hybridized carbons (Fsp3) is 0.143. The van der Waals surface area contributed by atoms with Gasteiger partial charge >= 0.3 is 0 Å². The standard InChI is InChI=1S/C21H20Br2N2O5S2/c1-13-4-7-18(16(22)10-13)24-31(26,27)15-6-9-20(30-3)21(12-15)32(28,29)25-19-8-5-14(2)11-17(19)23/h4-12,24-25H,1-3H3. The predicted molar refractivity (Wildman–Crippen MR) is 132 cm³/mol. The van der Waals surface area contributed by atoms with Crippen LogP contribution < -0.4 is 14.2 Å². The van der Waals surface area contributed by atoms with E-state index in [2.05, 4.69) is 41.3 Å². The minimum absolute atomic E-state index is 0.0104. The van der Waals surface area contributed by atoms with Crippen LogP contribution in [0.25, 0.3) is 0 Å². The van der Waals surface area contributed by atoms with Gasteiger partial charge in [0.15, 0.2) is 0 Å². The summed E-state index contributed by atoms with van der Waals surface area (Å²) in [6.45, 7) is 3.75. The molecule has 0 aliphatic heterocycles. The Labute approximate surface area is 204 Å².